The molecule has 1 aliphatic rings. The molecular weight excluding hydrogens is 378 g/mol. The molecule has 1 heterocycles. The highest BCUT2D eigenvalue weighted by atomic mass is 16.6. The summed E-state index contributed by atoms with van der Waals surface area (Å²) in [4.78, 5) is 37.8. The maximum atomic E-state index is 12.6. The Morgan fingerprint density at radius 3 is 2.34 bits per heavy atom. The Morgan fingerprint density at radius 2 is 1.83 bits per heavy atom. The third-order valence-corrected chi connectivity index (χ3v) is 4.86. The van der Waals surface area contributed by atoms with E-state index in [0.29, 0.717) is 11.1 Å². The van der Waals surface area contributed by atoms with Crippen LogP contribution in [0.2, 0.25) is 0 Å². The number of esters is 1. The van der Waals surface area contributed by atoms with Crippen LogP contribution in [0, 0.1) is 0 Å². The molecule has 29 heavy (non-hydrogen) atoms. The van der Waals surface area contributed by atoms with Crippen molar-refractivity contribution in [2.24, 2.45) is 0 Å². The highest BCUT2D eigenvalue weighted by Crippen LogP contribution is 2.26. The fourth-order valence-electron chi connectivity index (χ4n) is 3.16. The minimum Gasteiger partial charge on any atom is -0.453 e. The number of hydrogen-bond acceptors (Lipinski definition) is 7. The van der Waals surface area contributed by atoms with Gasteiger partial charge in [-0.05, 0) is 26.0 Å². The number of methoxy groups -OCH3 is 1. The van der Waals surface area contributed by atoms with E-state index >= 15 is 0 Å². The summed E-state index contributed by atoms with van der Waals surface area (Å²) in [5, 5.41) is 9.70. The Hall–Kier alpha value is -2.55. The molecule has 0 radical (unpaired) electrons. The molecule has 4 atom stereocenters. The average molecular weight is 405 g/mol. The van der Waals surface area contributed by atoms with Crippen LogP contribution in [-0.2, 0) is 23.8 Å². The number of aliphatic hydroxyl groups excluding tert-OH is 1. The summed E-state index contributed by atoms with van der Waals surface area (Å²) in [5.41, 5.74) is 0.731. The standard InChI is InChI=1S/C21H27NO7/c1-13(14(2)24)10-22(15(3)25)17-12-28-18(11-23)20(19(17)27-4)29-21(26)16-8-6-5-7-9-16/h5-10,17-20,23H,11-12H2,1-4H3/b13-10-/t17-,18?,19+,20-/m1/s1. The molecule has 8 nitrogen and oxygen atoms in total. The van der Waals surface area contributed by atoms with E-state index < -0.39 is 30.3 Å². The van der Waals surface area contributed by atoms with Crippen molar-refractivity contribution in [3.8, 4) is 0 Å². The molecule has 1 aromatic carbocycles. The zero-order chi connectivity index (χ0) is 21.6. The lowest BCUT2D eigenvalue weighted by molar-refractivity contribution is -0.188. The van der Waals surface area contributed by atoms with Crippen LogP contribution in [0.15, 0.2) is 42.1 Å². The predicted molar refractivity (Wildman–Crippen MR) is 104 cm³/mol. The number of hydrogen-bond donors (Lipinski definition) is 1. The highest BCUT2D eigenvalue weighted by molar-refractivity contribution is 5.93. The largest absolute Gasteiger partial charge is 0.453 e. The number of carbonyl (C=O) groups is 3. The Kier molecular flexibility index (Phi) is 8.07. The van der Waals surface area contributed by atoms with Gasteiger partial charge in [0.15, 0.2) is 11.9 Å². The van der Waals surface area contributed by atoms with Gasteiger partial charge in [0.25, 0.3) is 0 Å². The lowest BCUT2D eigenvalue weighted by Crippen LogP contribution is -2.61. The number of nitrogens with zero attached hydrogens (tertiary/aromatic N) is 1. The van der Waals surface area contributed by atoms with Gasteiger partial charge < -0.3 is 24.2 Å². The summed E-state index contributed by atoms with van der Waals surface area (Å²) in [6.45, 7) is 4.03. The first-order chi connectivity index (χ1) is 13.8. The van der Waals surface area contributed by atoms with Crippen molar-refractivity contribution in [3.63, 3.8) is 0 Å². The van der Waals surface area contributed by atoms with Crippen molar-refractivity contribution in [1.82, 2.24) is 4.90 Å². The molecular formula is C21H27NO7. The van der Waals surface area contributed by atoms with E-state index in [1.807, 2.05) is 0 Å². The maximum Gasteiger partial charge on any atom is 0.338 e. The molecule has 8 heteroatoms. The number of carbonyl (C=O) groups excluding carboxylic acids is 3. The maximum absolute atomic E-state index is 12.6. The zero-order valence-corrected chi connectivity index (χ0v) is 17.0. The molecule has 1 unspecified atom stereocenters. The first-order valence-corrected chi connectivity index (χ1v) is 9.29. The molecule has 1 aliphatic heterocycles. The summed E-state index contributed by atoms with van der Waals surface area (Å²) >= 11 is 0. The smallest absolute Gasteiger partial charge is 0.338 e. The molecule has 0 aromatic heterocycles. The molecule has 0 spiro atoms. The molecule has 2 rings (SSSR count). The van der Waals surface area contributed by atoms with E-state index in [1.54, 1.807) is 37.3 Å². The van der Waals surface area contributed by atoms with E-state index in [9.17, 15) is 19.5 Å². The van der Waals surface area contributed by atoms with E-state index in [2.05, 4.69) is 0 Å². The van der Waals surface area contributed by atoms with Crippen molar-refractivity contribution >= 4 is 17.7 Å². The lowest BCUT2D eigenvalue weighted by atomic mass is 9.96. The zero-order valence-electron chi connectivity index (χ0n) is 17.0. The molecule has 0 bridgehead atoms. The fraction of sp³-hybridized carbons (Fsp3) is 0.476. The molecule has 1 N–H and O–H groups in total. The van der Waals surface area contributed by atoms with Crippen LogP contribution in [0.3, 0.4) is 0 Å². The van der Waals surface area contributed by atoms with Crippen molar-refractivity contribution < 1.29 is 33.7 Å². The number of rotatable bonds is 7. The van der Waals surface area contributed by atoms with Gasteiger partial charge >= 0.3 is 5.97 Å². The first kappa shape index (κ1) is 22.7. The van der Waals surface area contributed by atoms with Crippen LogP contribution in [0.4, 0.5) is 0 Å². The average Bonchev–Trinajstić information content (AvgIpc) is 2.71. The van der Waals surface area contributed by atoms with E-state index in [1.165, 1.54) is 32.1 Å². The predicted octanol–water partition coefficient (Wildman–Crippen LogP) is 1.33. The fourth-order valence-corrected chi connectivity index (χ4v) is 3.16. The molecule has 1 saturated heterocycles. The Bertz CT molecular complexity index is 762. The molecule has 1 fully saturated rings. The van der Waals surface area contributed by atoms with E-state index in [4.69, 9.17) is 14.2 Å². The molecule has 1 aromatic rings. The topological polar surface area (TPSA) is 102 Å². The number of ether oxygens (including phenoxy) is 3. The first-order valence-electron chi connectivity index (χ1n) is 9.29. The minimum absolute atomic E-state index is 0.0460. The van der Waals surface area contributed by atoms with Gasteiger partial charge in [0.05, 0.1) is 24.8 Å². The van der Waals surface area contributed by atoms with Crippen molar-refractivity contribution in [2.45, 2.75) is 45.1 Å². The van der Waals surface area contributed by atoms with Crippen LogP contribution < -0.4 is 0 Å². The van der Waals surface area contributed by atoms with Gasteiger partial charge in [0, 0.05) is 25.8 Å². The van der Waals surface area contributed by atoms with Crippen molar-refractivity contribution in [3.05, 3.63) is 47.7 Å². The van der Waals surface area contributed by atoms with Crippen LogP contribution >= 0.6 is 0 Å². The van der Waals surface area contributed by atoms with Gasteiger partial charge in [-0.3, -0.25) is 9.59 Å². The number of benzene rings is 1. The van der Waals surface area contributed by atoms with Gasteiger partial charge in [-0.1, -0.05) is 18.2 Å². The number of ketones is 1. The van der Waals surface area contributed by atoms with Gasteiger partial charge in [0.1, 0.15) is 12.2 Å². The van der Waals surface area contributed by atoms with Gasteiger partial charge in [0.2, 0.25) is 5.91 Å². The van der Waals surface area contributed by atoms with Gasteiger partial charge in [-0.2, -0.15) is 0 Å². The van der Waals surface area contributed by atoms with Gasteiger partial charge in [-0.15, -0.1) is 0 Å². The van der Waals surface area contributed by atoms with E-state index in [-0.39, 0.29) is 24.9 Å². The second kappa shape index (κ2) is 10.3. The van der Waals surface area contributed by atoms with Crippen LogP contribution in [0.1, 0.15) is 31.1 Å². The second-order valence-electron chi connectivity index (χ2n) is 6.85. The van der Waals surface area contributed by atoms with Gasteiger partial charge in [-0.25, -0.2) is 4.79 Å². The summed E-state index contributed by atoms with van der Waals surface area (Å²) in [6.07, 6.45) is -1.09. The normalized spacial score (nSPS) is 24.7. The SMILES string of the molecule is CO[C@@H]1[C@H](OC(=O)c2ccccc2)C(CO)OC[C@H]1N(/C=C(/C)C(C)=O)C(C)=O. The Labute approximate surface area is 170 Å². The molecule has 158 valence electrons. The number of amides is 1. The lowest BCUT2D eigenvalue weighted by Gasteiger charge is -2.44. The number of aliphatic hydroxyl groups is 1. The van der Waals surface area contributed by atoms with Crippen LogP contribution in [0.5, 0.6) is 0 Å². The quantitative estimate of drug-likeness (QED) is 0.539. The van der Waals surface area contributed by atoms with Crippen molar-refractivity contribution in [2.75, 3.05) is 20.3 Å². The monoisotopic (exact) mass is 405 g/mol. The minimum atomic E-state index is -0.954. The Morgan fingerprint density at radius 1 is 1.17 bits per heavy atom. The van der Waals surface area contributed by atoms with Crippen molar-refractivity contribution in [1.29, 1.82) is 0 Å². The summed E-state index contributed by atoms with van der Waals surface area (Å²) in [5.74, 6) is -1.09. The number of allylic oxidation sites excluding steroid dienone is 1. The summed E-state index contributed by atoms with van der Waals surface area (Å²) < 4.78 is 16.9. The Balaban J connectivity index is 2.33. The molecule has 1 amide bonds. The summed E-state index contributed by atoms with van der Waals surface area (Å²) in [7, 11) is 1.43. The molecule has 0 saturated carbocycles. The van der Waals surface area contributed by atoms with Crippen LogP contribution in [-0.4, -0.2) is 72.3 Å². The second-order valence-corrected chi connectivity index (χ2v) is 6.85. The highest BCUT2D eigenvalue weighted by Gasteiger charge is 2.46. The third kappa shape index (κ3) is 5.50. The molecule has 0 aliphatic carbocycles. The van der Waals surface area contributed by atoms with E-state index in [0.717, 1.165) is 0 Å². The summed E-state index contributed by atoms with van der Waals surface area (Å²) in [6, 6.07) is 7.77. The number of Topliss-reactive ketones (excluding diaryl/α,β-unsaturated/α-hetero) is 1. The van der Waals surface area contributed by atoms with Crippen LogP contribution in [0.25, 0.3) is 0 Å². The third-order valence-electron chi connectivity index (χ3n) is 4.86.